The number of ether oxygens (including phenoxy) is 1. The van der Waals surface area contributed by atoms with Gasteiger partial charge in [-0.2, -0.15) is 13.2 Å². The SMILES string of the molecule is CC1C=C(OC(F)(F)F)C=CC1Nc1cc(-c2cccc(C(=O)N3CCN(c4ncc(C(F)(F)F)cn4)CC3)c2)ncn1. The maximum Gasteiger partial charge on any atom is 0.573 e. The van der Waals surface area contributed by atoms with Crippen LogP contribution in [-0.4, -0.2) is 69.3 Å². The number of nitrogens with one attached hydrogen (secondary N) is 1. The molecule has 1 aliphatic carbocycles. The predicted octanol–water partition coefficient (Wildman–Crippen LogP) is 5.32. The lowest BCUT2D eigenvalue weighted by Crippen LogP contribution is -2.49. The van der Waals surface area contributed by atoms with E-state index in [1.807, 2.05) is 0 Å². The monoisotopic (exact) mass is 605 g/mol. The number of hydrogen-bond acceptors (Lipinski definition) is 8. The van der Waals surface area contributed by atoms with Crippen LogP contribution in [0.25, 0.3) is 11.3 Å². The summed E-state index contributed by atoms with van der Waals surface area (Å²) in [6.07, 6.45) is -2.27. The Morgan fingerprint density at radius 2 is 1.70 bits per heavy atom. The zero-order valence-electron chi connectivity index (χ0n) is 22.6. The van der Waals surface area contributed by atoms with E-state index in [4.69, 9.17) is 0 Å². The highest BCUT2D eigenvalue weighted by Gasteiger charge is 2.33. The topological polar surface area (TPSA) is 96.4 Å². The van der Waals surface area contributed by atoms with Gasteiger partial charge in [0.05, 0.1) is 17.3 Å². The molecule has 1 N–H and O–H groups in total. The third-order valence-corrected chi connectivity index (χ3v) is 6.90. The number of aromatic nitrogens is 4. The van der Waals surface area contributed by atoms with Gasteiger partial charge in [-0.1, -0.05) is 25.1 Å². The first-order valence-electron chi connectivity index (χ1n) is 13.1. The molecule has 2 unspecified atom stereocenters. The Morgan fingerprint density at radius 1 is 0.977 bits per heavy atom. The Hall–Kier alpha value is -4.69. The molecule has 2 atom stereocenters. The standard InChI is InChI=1S/C28H25F6N7O2/c1-17-11-21(43-28(32,33)34)5-6-22(17)39-24-13-23(37-16-38-24)18-3-2-4-19(12-18)25(42)40-7-9-41(10-8-40)26-35-14-20(15-36-26)27(29,30)31/h2-6,11-17,22H,7-10H2,1H3,(H,37,38,39). The van der Waals surface area contributed by atoms with Gasteiger partial charge < -0.3 is 19.9 Å². The summed E-state index contributed by atoms with van der Waals surface area (Å²) in [5.41, 5.74) is 0.681. The van der Waals surface area contributed by atoms with Crippen molar-refractivity contribution in [2.75, 3.05) is 36.4 Å². The third-order valence-electron chi connectivity index (χ3n) is 6.90. The lowest BCUT2D eigenvalue weighted by molar-refractivity contribution is -0.303. The van der Waals surface area contributed by atoms with Gasteiger partial charge in [0.25, 0.3) is 5.91 Å². The van der Waals surface area contributed by atoms with Crippen LogP contribution in [0.4, 0.5) is 38.1 Å². The number of hydrogen-bond donors (Lipinski definition) is 1. The molecule has 3 heterocycles. The Kier molecular flexibility index (Phi) is 8.24. The zero-order valence-corrected chi connectivity index (χ0v) is 22.6. The number of nitrogens with zero attached hydrogens (tertiary/aromatic N) is 6. The summed E-state index contributed by atoms with van der Waals surface area (Å²) >= 11 is 0. The van der Waals surface area contributed by atoms with Crippen LogP contribution in [0.2, 0.25) is 0 Å². The van der Waals surface area contributed by atoms with Crippen LogP contribution in [0.1, 0.15) is 22.8 Å². The van der Waals surface area contributed by atoms with Crippen molar-refractivity contribution in [2.24, 2.45) is 5.92 Å². The van der Waals surface area contributed by atoms with E-state index in [2.05, 4.69) is 30.0 Å². The zero-order chi connectivity index (χ0) is 30.8. The normalized spacial score (nSPS) is 19.2. The first-order chi connectivity index (χ1) is 20.4. The largest absolute Gasteiger partial charge is 0.573 e. The third kappa shape index (κ3) is 7.40. The average molecular weight is 606 g/mol. The van der Waals surface area contributed by atoms with Gasteiger partial charge >= 0.3 is 12.5 Å². The Labute approximate surface area is 241 Å². The van der Waals surface area contributed by atoms with Crippen LogP contribution in [0.5, 0.6) is 0 Å². The summed E-state index contributed by atoms with van der Waals surface area (Å²) in [6.45, 7) is 3.10. The first kappa shape index (κ1) is 29.8. The maximum atomic E-state index is 13.3. The summed E-state index contributed by atoms with van der Waals surface area (Å²) in [7, 11) is 0. The minimum atomic E-state index is -4.77. The number of alkyl halides is 6. The van der Waals surface area contributed by atoms with Crippen molar-refractivity contribution in [1.29, 1.82) is 0 Å². The minimum absolute atomic E-state index is 0.166. The van der Waals surface area contributed by atoms with Crippen molar-refractivity contribution in [3.05, 3.63) is 84.2 Å². The van der Waals surface area contributed by atoms with E-state index in [9.17, 15) is 31.1 Å². The average Bonchev–Trinajstić information content (AvgIpc) is 2.97. The van der Waals surface area contributed by atoms with Crippen LogP contribution in [0.3, 0.4) is 0 Å². The molecule has 9 nitrogen and oxygen atoms in total. The molecule has 3 aromatic rings. The molecule has 15 heteroatoms. The molecule has 2 aromatic heterocycles. The van der Waals surface area contributed by atoms with Crippen molar-refractivity contribution in [2.45, 2.75) is 25.5 Å². The lowest BCUT2D eigenvalue weighted by Gasteiger charge is -2.34. The highest BCUT2D eigenvalue weighted by atomic mass is 19.4. The van der Waals surface area contributed by atoms with Crippen molar-refractivity contribution < 1.29 is 35.9 Å². The summed E-state index contributed by atoms with van der Waals surface area (Å²) in [5.74, 6) is -0.213. The molecular formula is C28H25F6N7O2. The fourth-order valence-corrected chi connectivity index (χ4v) is 4.67. The van der Waals surface area contributed by atoms with Crippen LogP contribution in [0.15, 0.2) is 73.0 Å². The molecule has 226 valence electrons. The highest BCUT2D eigenvalue weighted by molar-refractivity contribution is 5.95. The first-order valence-corrected chi connectivity index (χ1v) is 13.1. The molecule has 1 amide bonds. The van der Waals surface area contributed by atoms with Gasteiger partial charge in [-0.15, -0.1) is 13.2 Å². The van der Waals surface area contributed by atoms with Crippen LogP contribution in [-0.2, 0) is 10.9 Å². The van der Waals surface area contributed by atoms with Crippen molar-refractivity contribution in [1.82, 2.24) is 24.8 Å². The van der Waals surface area contributed by atoms with Crippen LogP contribution in [0, 0.1) is 5.92 Å². The van der Waals surface area contributed by atoms with Gasteiger partial charge in [-0.25, -0.2) is 19.9 Å². The highest BCUT2D eigenvalue weighted by Crippen LogP contribution is 2.29. The van der Waals surface area contributed by atoms with E-state index in [0.29, 0.717) is 48.8 Å². The summed E-state index contributed by atoms with van der Waals surface area (Å²) in [4.78, 5) is 32.8. The molecule has 5 rings (SSSR count). The van der Waals surface area contributed by atoms with Crippen molar-refractivity contribution in [3.8, 4) is 11.3 Å². The lowest BCUT2D eigenvalue weighted by atomic mass is 9.96. The summed E-state index contributed by atoms with van der Waals surface area (Å²) in [6, 6.07) is 8.23. The van der Waals surface area contributed by atoms with Crippen LogP contribution < -0.4 is 10.2 Å². The van der Waals surface area contributed by atoms with Crippen molar-refractivity contribution in [3.63, 3.8) is 0 Å². The molecule has 43 heavy (non-hydrogen) atoms. The predicted molar refractivity (Wildman–Crippen MR) is 144 cm³/mol. The summed E-state index contributed by atoms with van der Waals surface area (Å²) in [5, 5.41) is 3.18. The molecule has 1 aliphatic heterocycles. The van der Waals surface area contributed by atoms with Gasteiger partial charge in [0.1, 0.15) is 17.9 Å². The quantitative estimate of drug-likeness (QED) is 0.378. The molecule has 0 radical (unpaired) electrons. The number of carbonyl (C=O) groups is 1. The molecule has 1 aromatic carbocycles. The molecule has 2 aliphatic rings. The smallest absolute Gasteiger partial charge is 0.406 e. The van der Waals surface area contributed by atoms with Crippen molar-refractivity contribution >= 4 is 17.7 Å². The summed E-state index contributed by atoms with van der Waals surface area (Å²) < 4.78 is 80.0. The van der Waals surface area contributed by atoms with Gasteiger partial charge in [0.15, 0.2) is 0 Å². The number of benzene rings is 1. The number of rotatable bonds is 6. The van der Waals surface area contributed by atoms with E-state index in [0.717, 1.165) is 12.4 Å². The number of carbonyl (C=O) groups excluding carboxylic acids is 1. The molecule has 1 fully saturated rings. The second kappa shape index (κ2) is 11.9. The second-order valence-corrected chi connectivity index (χ2v) is 9.92. The van der Waals surface area contributed by atoms with Gasteiger partial charge in [0.2, 0.25) is 5.95 Å². The number of amides is 1. The number of allylic oxidation sites excluding steroid dienone is 1. The van der Waals surface area contributed by atoms with E-state index in [1.165, 1.54) is 18.5 Å². The van der Waals surface area contributed by atoms with E-state index < -0.39 is 18.1 Å². The number of halogens is 6. The fraction of sp³-hybridized carbons (Fsp3) is 0.321. The van der Waals surface area contributed by atoms with Crippen LogP contribution >= 0.6 is 0 Å². The van der Waals surface area contributed by atoms with E-state index >= 15 is 0 Å². The molecule has 0 spiro atoms. The number of anilines is 2. The van der Waals surface area contributed by atoms with E-state index in [-0.39, 0.29) is 29.6 Å². The second-order valence-electron chi connectivity index (χ2n) is 9.92. The van der Waals surface area contributed by atoms with Gasteiger partial charge in [0, 0.05) is 61.7 Å². The molecule has 0 saturated carbocycles. The molecular weight excluding hydrogens is 580 g/mol. The Balaban J connectivity index is 1.21. The van der Waals surface area contributed by atoms with Gasteiger partial charge in [-0.05, 0) is 24.3 Å². The fourth-order valence-electron chi connectivity index (χ4n) is 4.67. The molecule has 1 saturated heterocycles. The van der Waals surface area contributed by atoms with Gasteiger partial charge in [-0.3, -0.25) is 4.79 Å². The van der Waals surface area contributed by atoms with E-state index in [1.54, 1.807) is 53.1 Å². The maximum absolute atomic E-state index is 13.3. The minimum Gasteiger partial charge on any atom is -0.406 e. The Morgan fingerprint density at radius 3 is 2.35 bits per heavy atom. The molecule has 0 bridgehead atoms. The Bertz CT molecular complexity index is 1520. The number of piperazine rings is 1.